The number of aliphatic carboxylic acids is 1. The first-order chi connectivity index (χ1) is 14.7. The second-order valence-corrected chi connectivity index (χ2v) is 9.84. The van der Waals surface area contributed by atoms with Gasteiger partial charge in [-0.3, -0.25) is 19.2 Å². The number of carboxylic acid groups (broad SMARTS) is 1. The van der Waals surface area contributed by atoms with E-state index in [9.17, 15) is 24.3 Å². The number of hydrogen-bond donors (Lipinski definition) is 4. The van der Waals surface area contributed by atoms with Crippen molar-refractivity contribution in [2.45, 2.75) is 11.4 Å². The van der Waals surface area contributed by atoms with Crippen molar-refractivity contribution in [3.8, 4) is 0 Å². The molecule has 3 rings (SSSR count). The highest BCUT2D eigenvalue weighted by atomic mass is 32.2. The number of carboxylic acids is 1. The van der Waals surface area contributed by atoms with Crippen LogP contribution in [0.3, 0.4) is 0 Å². The van der Waals surface area contributed by atoms with Crippen molar-refractivity contribution in [1.82, 2.24) is 15.2 Å². The van der Waals surface area contributed by atoms with Crippen LogP contribution in [-0.4, -0.2) is 86.7 Å². The highest BCUT2D eigenvalue weighted by Crippen LogP contribution is 2.43. The molecule has 0 spiro atoms. The summed E-state index contributed by atoms with van der Waals surface area (Å²) in [6, 6.07) is -0.833. The van der Waals surface area contributed by atoms with Crippen molar-refractivity contribution in [3.05, 3.63) is 11.1 Å². The van der Waals surface area contributed by atoms with Gasteiger partial charge in [-0.1, -0.05) is 5.16 Å². The van der Waals surface area contributed by atoms with Gasteiger partial charge in [0.15, 0.2) is 10.8 Å². The molecule has 0 bridgehead atoms. The van der Waals surface area contributed by atoms with E-state index in [1.807, 2.05) is 0 Å². The Hall–Kier alpha value is -2.52. The minimum Gasteiger partial charge on any atom is -0.481 e. The summed E-state index contributed by atoms with van der Waals surface area (Å²) in [7, 11) is 1.28. The second-order valence-electron chi connectivity index (χ2n) is 6.86. The second kappa shape index (κ2) is 9.32. The summed E-state index contributed by atoms with van der Waals surface area (Å²) in [5.41, 5.74) is 9.62. The van der Waals surface area contributed by atoms with E-state index in [1.54, 1.807) is 5.38 Å². The number of aromatic nitrogens is 1. The summed E-state index contributed by atoms with van der Waals surface area (Å²) in [4.78, 5) is 58.4. The molecule has 3 heterocycles. The number of nitrogens with zero attached hydrogens (tertiary/aromatic N) is 3. The molecule has 0 aliphatic carbocycles. The maximum Gasteiger partial charge on any atom is 0.313 e. The molecule has 6 N–H and O–H groups in total. The number of nitrogen functional groups attached to an aromatic ring is 1. The minimum atomic E-state index is -1.20. The summed E-state index contributed by atoms with van der Waals surface area (Å²) in [6.07, 6.45) is 0. The Balaban J connectivity index is 1.67. The number of fused-ring (bicyclic) bond motifs is 1. The number of oxime groups is 1. The number of thioether (sulfide) groups is 2. The molecule has 168 valence electrons. The zero-order valence-corrected chi connectivity index (χ0v) is 18.7. The maximum atomic E-state index is 12.7. The molecular formula is C16H20N6O6S3. The van der Waals surface area contributed by atoms with Gasteiger partial charge in [0.25, 0.3) is 5.91 Å². The van der Waals surface area contributed by atoms with Gasteiger partial charge in [0, 0.05) is 23.4 Å². The molecular weight excluding hydrogens is 468 g/mol. The molecule has 15 heteroatoms. The van der Waals surface area contributed by atoms with Gasteiger partial charge < -0.3 is 31.6 Å². The van der Waals surface area contributed by atoms with E-state index in [2.05, 4.69) is 15.5 Å². The third-order valence-electron chi connectivity index (χ3n) is 4.67. The van der Waals surface area contributed by atoms with Crippen LogP contribution in [0.15, 0.2) is 10.5 Å². The van der Waals surface area contributed by atoms with Crippen LogP contribution in [0.1, 0.15) is 5.69 Å². The Bertz CT molecular complexity index is 939. The molecule has 0 radical (unpaired) electrons. The van der Waals surface area contributed by atoms with E-state index < -0.39 is 40.5 Å². The molecule has 1 aromatic heterocycles. The average Bonchev–Trinajstić information content (AvgIpc) is 3.15. The molecule has 2 unspecified atom stereocenters. The third-order valence-corrected chi connectivity index (χ3v) is 8.18. The molecule has 3 atom stereocenters. The number of carbonyl (C=O) groups is 4. The highest BCUT2D eigenvalue weighted by molar-refractivity contribution is 8.01. The summed E-state index contributed by atoms with van der Waals surface area (Å²) >= 11 is 3.51. The van der Waals surface area contributed by atoms with Gasteiger partial charge >= 0.3 is 5.97 Å². The summed E-state index contributed by atoms with van der Waals surface area (Å²) in [5.74, 6) is -2.28. The van der Waals surface area contributed by atoms with Gasteiger partial charge in [-0.25, -0.2) is 4.98 Å². The maximum absolute atomic E-state index is 12.7. The van der Waals surface area contributed by atoms with E-state index in [-0.39, 0.29) is 40.3 Å². The topological polar surface area (TPSA) is 190 Å². The van der Waals surface area contributed by atoms with Gasteiger partial charge in [0.05, 0.1) is 5.75 Å². The molecule has 2 fully saturated rings. The standard InChI is InChI=1S/C16H20N6O6S3/c1-28-21-9(7-2-30-15(18)19-7)11(24)20-10-12(25)22-4-16(14(26)27,6-31-13(10)22)5-29-3-8(17)23/h2,10,13H,3-6H2,1H3,(H2,17,23)(H2,18,19)(H,20,24)(H,26,27)/t10?,13-,16?/m1/s1. The number of hydrogen-bond acceptors (Lipinski definition) is 11. The van der Waals surface area contributed by atoms with Crippen LogP contribution in [-0.2, 0) is 24.0 Å². The fourth-order valence-corrected chi connectivity index (χ4v) is 6.38. The van der Waals surface area contributed by atoms with E-state index in [1.165, 1.54) is 23.8 Å². The van der Waals surface area contributed by atoms with E-state index in [4.69, 9.17) is 16.3 Å². The largest absolute Gasteiger partial charge is 0.481 e. The molecule has 2 aliphatic heterocycles. The van der Waals surface area contributed by atoms with Crippen molar-refractivity contribution < 1.29 is 29.1 Å². The Morgan fingerprint density at radius 1 is 1.52 bits per heavy atom. The van der Waals surface area contributed by atoms with Gasteiger partial charge in [-0.05, 0) is 0 Å². The lowest BCUT2D eigenvalue weighted by Gasteiger charge is -2.53. The molecule has 2 aliphatic rings. The van der Waals surface area contributed by atoms with Crippen molar-refractivity contribution in [2.24, 2.45) is 16.3 Å². The Kier molecular flexibility index (Phi) is 6.96. The van der Waals surface area contributed by atoms with Crippen molar-refractivity contribution in [2.75, 3.05) is 36.6 Å². The number of amides is 3. The average molecular weight is 489 g/mol. The predicted molar refractivity (Wildman–Crippen MR) is 117 cm³/mol. The number of nitrogens with two attached hydrogens (primary N) is 2. The first kappa shape index (κ1) is 23.1. The highest BCUT2D eigenvalue weighted by Gasteiger charge is 2.57. The Morgan fingerprint density at radius 3 is 2.84 bits per heavy atom. The number of β-lactam (4-membered cyclic amide) rings is 1. The van der Waals surface area contributed by atoms with Crippen LogP contribution in [0.4, 0.5) is 5.13 Å². The lowest BCUT2D eigenvalue weighted by Crippen LogP contribution is -2.74. The molecule has 2 saturated heterocycles. The van der Waals surface area contributed by atoms with Crippen LogP contribution in [0.2, 0.25) is 0 Å². The molecule has 31 heavy (non-hydrogen) atoms. The van der Waals surface area contributed by atoms with Crippen LogP contribution in [0.5, 0.6) is 0 Å². The van der Waals surface area contributed by atoms with Gasteiger partial charge in [-0.15, -0.1) is 23.1 Å². The van der Waals surface area contributed by atoms with Crippen LogP contribution in [0.25, 0.3) is 0 Å². The Morgan fingerprint density at radius 2 is 2.26 bits per heavy atom. The molecule has 0 saturated carbocycles. The first-order valence-electron chi connectivity index (χ1n) is 8.83. The van der Waals surface area contributed by atoms with Gasteiger partial charge in [-0.2, -0.15) is 11.8 Å². The normalized spacial score (nSPS) is 25.4. The SMILES string of the molecule is CON=C(C(=O)NC1C(=O)N2CC(CSCC(N)=O)(C(=O)O)CS[C@H]12)c1csc(N)n1. The number of primary amides is 1. The quantitative estimate of drug-likeness (QED) is 0.186. The first-order valence-corrected chi connectivity index (χ1v) is 11.9. The third kappa shape index (κ3) is 4.72. The monoisotopic (exact) mass is 488 g/mol. The van der Waals surface area contributed by atoms with Crippen molar-refractivity contribution >= 4 is 69.4 Å². The summed E-state index contributed by atoms with van der Waals surface area (Å²) in [6.45, 7) is -0.0153. The number of thiazole rings is 1. The minimum absolute atomic E-state index is 0.00149. The number of anilines is 1. The zero-order valence-electron chi connectivity index (χ0n) is 16.3. The van der Waals surface area contributed by atoms with Crippen LogP contribution >= 0.6 is 34.9 Å². The smallest absolute Gasteiger partial charge is 0.313 e. The molecule has 3 amide bonds. The number of rotatable bonds is 9. The summed E-state index contributed by atoms with van der Waals surface area (Å²) < 4.78 is 0. The van der Waals surface area contributed by atoms with Gasteiger partial charge in [0.1, 0.15) is 29.6 Å². The molecule has 0 aromatic carbocycles. The van der Waals surface area contributed by atoms with E-state index in [0.717, 1.165) is 23.1 Å². The van der Waals surface area contributed by atoms with Crippen molar-refractivity contribution in [3.63, 3.8) is 0 Å². The van der Waals surface area contributed by atoms with Crippen molar-refractivity contribution in [1.29, 1.82) is 0 Å². The lowest BCUT2D eigenvalue weighted by molar-refractivity contribution is -0.157. The fraction of sp³-hybridized carbons (Fsp3) is 0.500. The molecule has 12 nitrogen and oxygen atoms in total. The number of nitrogens with one attached hydrogen (secondary N) is 1. The lowest BCUT2D eigenvalue weighted by atomic mass is 9.89. The van der Waals surface area contributed by atoms with Gasteiger partial charge in [0.2, 0.25) is 11.8 Å². The predicted octanol–water partition coefficient (Wildman–Crippen LogP) is -1.23. The number of carbonyl (C=O) groups excluding carboxylic acids is 3. The van der Waals surface area contributed by atoms with E-state index >= 15 is 0 Å². The summed E-state index contributed by atoms with van der Waals surface area (Å²) in [5, 5.41) is 17.4. The zero-order chi connectivity index (χ0) is 22.8. The van der Waals surface area contributed by atoms with Crippen LogP contribution < -0.4 is 16.8 Å². The Labute approximate surface area is 189 Å². The fourth-order valence-electron chi connectivity index (χ4n) is 3.15. The van der Waals surface area contributed by atoms with Crippen LogP contribution in [0, 0.1) is 5.41 Å². The molecule has 1 aromatic rings. The van der Waals surface area contributed by atoms with E-state index in [0.29, 0.717) is 0 Å².